The van der Waals surface area contributed by atoms with Crippen molar-refractivity contribution in [2.45, 2.75) is 13.8 Å². The molecule has 3 aromatic rings. The minimum atomic E-state index is -0.268. The number of carbonyl (C=O) groups is 2. The highest BCUT2D eigenvalue weighted by atomic mass is 16.2. The number of hydrogen-bond donors (Lipinski definition) is 1. The van der Waals surface area contributed by atoms with E-state index in [1.165, 1.54) is 4.90 Å². The summed E-state index contributed by atoms with van der Waals surface area (Å²) in [7, 11) is 0. The van der Waals surface area contributed by atoms with E-state index >= 15 is 0 Å². The first-order valence-electron chi connectivity index (χ1n) is 9.45. The summed E-state index contributed by atoms with van der Waals surface area (Å²) in [6.45, 7) is 3.89. The Balaban J connectivity index is 1.65. The van der Waals surface area contributed by atoms with E-state index in [0.717, 1.165) is 22.4 Å². The number of benzene rings is 3. The second kappa shape index (κ2) is 7.72. The van der Waals surface area contributed by atoms with Crippen molar-refractivity contribution in [3.8, 4) is 0 Å². The largest absolute Gasteiger partial charge is 0.325 e. The van der Waals surface area contributed by atoms with Crippen LogP contribution >= 0.6 is 0 Å². The number of fused-ring (bicyclic) bond motifs is 1. The fourth-order valence-electron chi connectivity index (χ4n) is 3.35. The molecule has 5 heteroatoms. The summed E-state index contributed by atoms with van der Waals surface area (Å²) < 4.78 is 0. The third-order valence-electron chi connectivity index (χ3n) is 4.85. The number of nitrogens with one attached hydrogen (secondary N) is 1. The van der Waals surface area contributed by atoms with Crippen LogP contribution in [-0.2, 0) is 9.59 Å². The quantitative estimate of drug-likeness (QED) is 0.725. The summed E-state index contributed by atoms with van der Waals surface area (Å²) in [6.07, 6.45) is 0. The van der Waals surface area contributed by atoms with Gasteiger partial charge >= 0.3 is 0 Å². The lowest BCUT2D eigenvalue weighted by Gasteiger charge is -2.16. The number of aliphatic imine (C=N–C) groups is 1. The Bertz CT molecular complexity index is 1120. The van der Waals surface area contributed by atoms with Crippen molar-refractivity contribution in [3.05, 3.63) is 89.5 Å². The van der Waals surface area contributed by atoms with Crippen molar-refractivity contribution in [1.29, 1.82) is 0 Å². The lowest BCUT2D eigenvalue weighted by Crippen LogP contribution is -2.37. The summed E-state index contributed by atoms with van der Waals surface area (Å²) in [5, 5.41) is 2.83. The molecule has 0 saturated carbocycles. The molecule has 4 rings (SSSR count). The predicted octanol–water partition coefficient (Wildman–Crippen LogP) is 4.41. The van der Waals surface area contributed by atoms with E-state index in [4.69, 9.17) is 0 Å². The molecule has 0 spiro atoms. The van der Waals surface area contributed by atoms with Gasteiger partial charge in [0.25, 0.3) is 5.91 Å². The van der Waals surface area contributed by atoms with E-state index in [2.05, 4.69) is 10.3 Å². The second-order valence-electron chi connectivity index (χ2n) is 7.07. The number of anilines is 2. The number of rotatable bonds is 4. The molecule has 5 nitrogen and oxygen atoms in total. The Morgan fingerprint density at radius 2 is 1.69 bits per heavy atom. The van der Waals surface area contributed by atoms with Crippen LogP contribution in [0.25, 0.3) is 0 Å². The van der Waals surface area contributed by atoms with Gasteiger partial charge in [0, 0.05) is 11.3 Å². The molecule has 2 amide bonds. The van der Waals surface area contributed by atoms with Gasteiger partial charge in [0.05, 0.1) is 11.4 Å². The third-order valence-corrected chi connectivity index (χ3v) is 4.85. The monoisotopic (exact) mass is 383 g/mol. The Hall–Kier alpha value is -3.73. The van der Waals surface area contributed by atoms with Crippen LogP contribution < -0.4 is 10.2 Å². The van der Waals surface area contributed by atoms with Gasteiger partial charge in [-0.25, -0.2) is 4.99 Å². The Morgan fingerprint density at radius 1 is 0.966 bits per heavy atom. The Kier molecular flexibility index (Phi) is 4.96. The van der Waals surface area contributed by atoms with Crippen LogP contribution in [0.4, 0.5) is 17.1 Å². The topological polar surface area (TPSA) is 61.8 Å². The zero-order valence-corrected chi connectivity index (χ0v) is 16.3. The summed E-state index contributed by atoms with van der Waals surface area (Å²) in [6, 6.07) is 22.6. The highest BCUT2D eigenvalue weighted by Crippen LogP contribution is 2.31. The standard InChI is InChI=1S/C24H21N3O2/c1-16-12-13-17(2)20(14-16)26-23-19-10-6-7-11-21(19)27(24(23)29)15-22(28)25-18-8-4-3-5-9-18/h3-14H,15H2,1-2H3,(H,25,28). The first kappa shape index (κ1) is 18.6. The van der Waals surface area contributed by atoms with Crippen molar-refractivity contribution in [3.63, 3.8) is 0 Å². The Labute approximate surface area is 169 Å². The van der Waals surface area contributed by atoms with Gasteiger partial charge in [0.15, 0.2) is 0 Å². The number of hydrogen-bond acceptors (Lipinski definition) is 3. The molecule has 0 bridgehead atoms. The van der Waals surface area contributed by atoms with Crippen LogP contribution in [0.1, 0.15) is 16.7 Å². The smallest absolute Gasteiger partial charge is 0.278 e. The minimum absolute atomic E-state index is 0.0729. The molecule has 0 aliphatic carbocycles. The highest BCUT2D eigenvalue weighted by Gasteiger charge is 2.35. The van der Waals surface area contributed by atoms with E-state index in [-0.39, 0.29) is 18.4 Å². The van der Waals surface area contributed by atoms with Gasteiger partial charge in [0.2, 0.25) is 5.91 Å². The molecule has 3 aromatic carbocycles. The maximum Gasteiger partial charge on any atom is 0.278 e. The van der Waals surface area contributed by atoms with Gasteiger partial charge < -0.3 is 5.32 Å². The lowest BCUT2D eigenvalue weighted by molar-refractivity contribution is -0.118. The number of amides is 2. The van der Waals surface area contributed by atoms with Crippen LogP contribution in [0, 0.1) is 13.8 Å². The van der Waals surface area contributed by atoms with Crippen molar-refractivity contribution < 1.29 is 9.59 Å². The average Bonchev–Trinajstić information content (AvgIpc) is 2.97. The van der Waals surface area contributed by atoms with Gasteiger partial charge in [-0.1, -0.05) is 48.5 Å². The maximum absolute atomic E-state index is 13.2. The van der Waals surface area contributed by atoms with Crippen LogP contribution in [-0.4, -0.2) is 24.1 Å². The SMILES string of the molecule is Cc1ccc(C)c(N=C2C(=O)N(CC(=O)Nc3ccccc3)c3ccccc32)c1. The van der Waals surface area contributed by atoms with E-state index < -0.39 is 0 Å². The lowest BCUT2D eigenvalue weighted by atomic mass is 10.1. The molecule has 0 saturated heterocycles. The molecule has 0 radical (unpaired) electrons. The van der Waals surface area contributed by atoms with E-state index in [1.807, 2.05) is 86.6 Å². The molecule has 0 atom stereocenters. The molecule has 29 heavy (non-hydrogen) atoms. The summed E-state index contributed by atoms with van der Waals surface area (Å²) in [5.41, 5.74) is 5.33. The van der Waals surface area contributed by atoms with E-state index in [9.17, 15) is 9.59 Å². The van der Waals surface area contributed by atoms with Crippen molar-refractivity contribution >= 4 is 34.6 Å². The van der Waals surface area contributed by atoms with Crippen molar-refractivity contribution in [2.24, 2.45) is 4.99 Å². The van der Waals surface area contributed by atoms with Gasteiger partial charge in [-0.3, -0.25) is 14.5 Å². The zero-order valence-electron chi connectivity index (χ0n) is 16.3. The number of nitrogens with zero attached hydrogens (tertiary/aromatic N) is 2. The summed E-state index contributed by atoms with van der Waals surface area (Å²) in [5.74, 6) is -0.525. The molecular weight excluding hydrogens is 362 g/mol. The fourth-order valence-corrected chi connectivity index (χ4v) is 3.35. The van der Waals surface area contributed by atoms with E-state index in [1.54, 1.807) is 0 Å². The molecule has 1 aliphatic heterocycles. The summed E-state index contributed by atoms with van der Waals surface area (Å²) in [4.78, 5) is 31.9. The Morgan fingerprint density at radius 3 is 2.48 bits per heavy atom. The second-order valence-corrected chi connectivity index (χ2v) is 7.07. The van der Waals surface area contributed by atoms with Gasteiger partial charge in [-0.2, -0.15) is 0 Å². The van der Waals surface area contributed by atoms with Crippen LogP contribution in [0.5, 0.6) is 0 Å². The molecule has 0 aromatic heterocycles. The van der Waals surface area contributed by atoms with Gasteiger partial charge in [0.1, 0.15) is 12.3 Å². The molecule has 1 heterocycles. The highest BCUT2D eigenvalue weighted by molar-refractivity contribution is 6.55. The normalized spacial score (nSPS) is 14.2. The maximum atomic E-state index is 13.2. The molecule has 0 fully saturated rings. The predicted molar refractivity (Wildman–Crippen MR) is 116 cm³/mol. The molecule has 0 unspecified atom stereocenters. The number of aryl methyl sites for hydroxylation is 2. The van der Waals surface area contributed by atoms with Crippen LogP contribution in [0.15, 0.2) is 77.8 Å². The first-order valence-corrected chi connectivity index (χ1v) is 9.45. The van der Waals surface area contributed by atoms with Crippen molar-refractivity contribution in [2.75, 3.05) is 16.8 Å². The van der Waals surface area contributed by atoms with Gasteiger partial charge in [-0.05, 0) is 49.2 Å². The van der Waals surface area contributed by atoms with Crippen LogP contribution in [0.3, 0.4) is 0 Å². The minimum Gasteiger partial charge on any atom is -0.325 e. The van der Waals surface area contributed by atoms with Crippen LogP contribution in [0.2, 0.25) is 0 Å². The summed E-state index contributed by atoms with van der Waals surface area (Å²) >= 11 is 0. The number of para-hydroxylation sites is 2. The van der Waals surface area contributed by atoms with Gasteiger partial charge in [-0.15, -0.1) is 0 Å². The third kappa shape index (κ3) is 3.80. The number of carbonyl (C=O) groups excluding carboxylic acids is 2. The van der Waals surface area contributed by atoms with E-state index in [0.29, 0.717) is 17.1 Å². The molecular formula is C24H21N3O2. The molecule has 144 valence electrons. The average molecular weight is 383 g/mol. The fraction of sp³-hybridized carbons (Fsp3) is 0.125. The zero-order chi connectivity index (χ0) is 20.4. The first-order chi connectivity index (χ1) is 14.0. The molecule has 1 aliphatic rings. The van der Waals surface area contributed by atoms with Crippen molar-refractivity contribution in [1.82, 2.24) is 0 Å². The molecule has 1 N–H and O–H groups in total.